The molecule has 0 unspecified atom stereocenters. The van der Waals surface area contributed by atoms with Gasteiger partial charge in [0.05, 0.1) is 11.5 Å². The van der Waals surface area contributed by atoms with E-state index in [4.69, 9.17) is 10.6 Å². The molecule has 0 fully saturated rings. The molecule has 0 radical (unpaired) electrons. The first-order chi connectivity index (χ1) is 7.95. The number of hydrogen-bond donors (Lipinski definition) is 2. The Morgan fingerprint density at radius 1 is 1.53 bits per heavy atom. The molecule has 8 heteroatoms. The molecule has 0 amide bonds. The van der Waals surface area contributed by atoms with Gasteiger partial charge >= 0.3 is 5.69 Å². The Bertz CT molecular complexity index is 421. The van der Waals surface area contributed by atoms with Crippen LogP contribution in [0.5, 0.6) is 5.88 Å². The monoisotopic (exact) mass is 241 g/mol. The zero-order valence-electron chi connectivity index (χ0n) is 9.93. The van der Waals surface area contributed by atoms with Gasteiger partial charge in [-0.3, -0.25) is 15.5 Å². The standard InChI is InChI=1S/C9H15N5O3/c1-5(2)4-17-8-7(14(15)16)6(3)11-9(12-8)13-10/h5H,4,10H2,1-3H3,(H,11,12,13). The Kier molecular flexibility index (Phi) is 4.16. The number of rotatable bonds is 5. The van der Waals surface area contributed by atoms with E-state index in [0.29, 0.717) is 6.61 Å². The first-order valence-corrected chi connectivity index (χ1v) is 5.08. The average molecular weight is 241 g/mol. The van der Waals surface area contributed by atoms with E-state index in [1.165, 1.54) is 6.92 Å². The van der Waals surface area contributed by atoms with Crippen molar-refractivity contribution < 1.29 is 9.66 Å². The van der Waals surface area contributed by atoms with Crippen molar-refractivity contribution in [2.24, 2.45) is 11.8 Å². The summed E-state index contributed by atoms with van der Waals surface area (Å²) in [5, 5.41) is 10.9. The highest BCUT2D eigenvalue weighted by molar-refractivity contribution is 5.48. The second-order valence-corrected chi connectivity index (χ2v) is 3.89. The second-order valence-electron chi connectivity index (χ2n) is 3.89. The maximum Gasteiger partial charge on any atom is 0.352 e. The molecule has 0 spiro atoms. The lowest BCUT2D eigenvalue weighted by atomic mass is 10.2. The minimum atomic E-state index is -0.564. The molecular formula is C9H15N5O3. The summed E-state index contributed by atoms with van der Waals surface area (Å²) < 4.78 is 5.29. The molecule has 0 saturated carbocycles. The van der Waals surface area contributed by atoms with Crippen molar-refractivity contribution in [1.29, 1.82) is 0 Å². The number of nitrogen functional groups attached to an aromatic ring is 1. The lowest BCUT2D eigenvalue weighted by molar-refractivity contribution is -0.387. The molecule has 0 saturated heterocycles. The molecular weight excluding hydrogens is 226 g/mol. The van der Waals surface area contributed by atoms with E-state index < -0.39 is 4.92 Å². The molecule has 1 aromatic rings. The number of nitrogens with two attached hydrogens (primary N) is 1. The third-order valence-corrected chi connectivity index (χ3v) is 1.89. The maximum absolute atomic E-state index is 10.9. The SMILES string of the molecule is Cc1nc(NN)nc(OCC(C)C)c1[N+](=O)[O-]. The zero-order valence-corrected chi connectivity index (χ0v) is 9.93. The van der Waals surface area contributed by atoms with Gasteiger partial charge in [0.25, 0.3) is 5.88 Å². The molecule has 0 atom stereocenters. The lowest BCUT2D eigenvalue weighted by Gasteiger charge is -2.10. The van der Waals surface area contributed by atoms with Crippen molar-refractivity contribution in [2.45, 2.75) is 20.8 Å². The molecule has 1 heterocycles. The predicted molar refractivity (Wildman–Crippen MR) is 61.6 cm³/mol. The summed E-state index contributed by atoms with van der Waals surface area (Å²) in [4.78, 5) is 18.0. The zero-order chi connectivity index (χ0) is 13.0. The Hall–Kier alpha value is -1.96. The number of aromatic nitrogens is 2. The van der Waals surface area contributed by atoms with Gasteiger partial charge in [-0.05, 0) is 12.8 Å². The van der Waals surface area contributed by atoms with Crippen LogP contribution in [0.2, 0.25) is 0 Å². The van der Waals surface area contributed by atoms with E-state index in [2.05, 4.69) is 15.4 Å². The molecule has 0 aromatic carbocycles. The van der Waals surface area contributed by atoms with Gasteiger partial charge in [-0.1, -0.05) is 13.8 Å². The summed E-state index contributed by atoms with van der Waals surface area (Å²) in [5.41, 5.74) is 2.21. The van der Waals surface area contributed by atoms with Gasteiger partial charge in [-0.2, -0.15) is 4.98 Å². The largest absolute Gasteiger partial charge is 0.472 e. The third kappa shape index (κ3) is 3.25. The number of hydrazine groups is 1. The second kappa shape index (κ2) is 5.39. The van der Waals surface area contributed by atoms with Crippen LogP contribution in [-0.2, 0) is 0 Å². The van der Waals surface area contributed by atoms with Crippen LogP contribution in [0.1, 0.15) is 19.5 Å². The van der Waals surface area contributed by atoms with Crippen molar-refractivity contribution in [1.82, 2.24) is 9.97 Å². The Morgan fingerprint density at radius 3 is 2.65 bits per heavy atom. The minimum Gasteiger partial charge on any atom is -0.472 e. The smallest absolute Gasteiger partial charge is 0.352 e. The summed E-state index contributed by atoms with van der Waals surface area (Å²) in [7, 11) is 0. The van der Waals surface area contributed by atoms with Gasteiger partial charge in [0.1, 0.15) is 5.69 Å². The summed E-state index contributed by atoms with van der Waals surface area (Å²) in [6, 6.07) is 0. The van der Waals surface area contributed by atoms with E-state index in [9.17, 15) is 10.1 Å². The van der Waals surface area contributed by atoms with Crippen LogP contribution in [0.15, 0.2) is 0 Å². The molecule has 0 aliphatic rings. The highest BCUT2D eigenvalue weighted by Gasteiger charge is 2.23. The van der Waals surface area contributed by atoms with Crippen LogP contribution >= 0.6 is 0 Å². The fourth-order valence-corrected chi connectivity index (χ4v) is 1.16. The fourth-order valence-electron chi connectivity index (χ4n) is 1.16. The van der Waals surface area contributed by atoms with Crippen LogP contribution in [0.4, 0.5) is 11.6 Å². The molecule has 3 N–H and O–H groups in total. The number of anilines is 1. The van der Waals surface area contributed by atoms with Gasteiger partial charge in [-0.25, -0.2) is 10.8 Å². The van der Waals surface area contributed by atoms with E-state index in [0.717, 1.165) is 0 Å². The maximum atomic E-state index is 10.9. The lowest BCUT2D eigenvalue weighted by Crippen LogP contribution is -2.14. The molecule has 8 nitrogen and oxygen atoms in total. The number of hydrogen-bond acceptors (Lipinski definition) is 7. The Labute approximate surface area is 98.3 Å². The molecule has 0 aliphatic heterocycles. The average Bonchev–Trinajstić information content (AvgIpc) is 2.24. The highest BCUT2D eigenvalue weighted by atomic mass is 16.6. The van der Waals surface area contributed by atoms with E-state index in [1.54, 1.807) is 0 Å². The van der Waals surface area contributed by atoms with Crippen LogP contribution in [-0.4, -0.2) is 21.5 Å². The van der Waals surface area contributed by atoms with E-state index in [1.807, 2.05) is 13.8 Å². The molecule has 1 rings (SSSR count). The summed E-state index contributed by atoms with van der Waals surface area (Å²) >= 11 is 0. The van der Waals surface area contributed by atoms with Crippen LogP contribution in [0.3, 0.4) is 0 Å². The summed E-state index contributed by atoms with van der Waals surface area (Å²) in [6.45, 7) is 5.70. The van der Waals surface area contributed by atoms with Crippen LogP contribution in [0, 0.1) is 23.0 Å². The fraction of sp³-hybridized carbons (Fsp3) is 0.556. The third-order valence-electron chi connectivity index (χ3n) is 1.89. The number of aryl methyl sites for hydroxylation is 1. The molecule has 1 aromatic heterocycles. The quantitative estimate of drug-likeness (QED) is 0.449. The molecule has 17 heavy (non-hydrogen) atoms. The van der Waals surface area contributed by atoms with E-state index >= 15 is 0 Å². The van der Waals surface area contributed by atoms with E-state index in [-0.39, 0.29) is 29.1 Å². The van der Waals surface area contributed by atoms with Gasteiger partial charge in [0.2, 0.25) is 5.95 Å². The molecule has 94 valence electrons. The first-order valence-electron chi connectivity index (χ1n) is 5.08. The number of ether oxygens (including phenoxy) is 1. The number of nitro groups is 1. The summed E-state index contributed by atoms with van der Waals surface area (Å²) in [5.74, 6) is 5.43. The van der Waals surface area contributed by atoms with Gasteiger partial charge < -0.3 is 4.74 Å². The predicted octanol–water partition coefficient (Wildman–Crippen LogP) is 1.01. The first kappa shape index (κ1) is 13.1. The Morgan fingerprint density at radius 2 is 2.18 bits per heavy atom. The van der Waals surface area contributed by atoms with Gasteiger partial charge in [0, 0.05) is 0 Å². The van der Waals surface area contributed by atoms with Crippen molar-refractivity contribution in [3.63, 3.8) is 0 Å². The highest BCUT2D eigenvalue weighted by Crippen LogP contribution is 2.28. The van der Waals surface area contributed by atoms with Crippen molar-refractivity contribution in [3.8, 4) is 5.88 Å². The molecule has 0 bridgehead atoms. The molecule has 0 aliphatic carbocycles. The van der Waals surface area contributed by atoms with Crippen molar-refractivity contribution in [2.75, 3.05) is 12.0 Å². The Balaban J connectivity index is 3.13. The number of nitrogens with zero attached hydrogens (tertiary/aromatic N) is 3. The van der Waals surface area contributed by atoms with Crippen molar-refractivity contribution >= 4 is 11.6 Å². The normalized spacial score (nSPS) is 10.4. The summed E-state index contributed by atoms with van der Waals surface area (Å²) in [6.07, 6.45) is 0. The minimum absolute atomic E-state index is 0.0656. The number of nitrogens with one attached hydrogen (secondary N) is 1. The van der Waals surface area contributed by atoms with Gasteiger partial charge in [-0.15, -0.1) is 0 Å². The van der Waals surface area contributed by atoms with Crippen molar-refractivity contribution in [3.05, 3.63) is 15.8 Å². The topological polar surface area (TPSA) is 116 Å². The van der Waals surface area contributed by atoms with Gasteiger partial charge in [0.15, 0.2) is 0 Å². The van der Waals surface area contributed by atoms with Crippen LogP contribution in [0.25, 0.3) is 0 Å². The van der Waals surface area contributed by atoms with Crippen LogP contribution < -0.4 is 16.0 Å².